The number of hydrogen-bond acceptors (Lipinski definition) is 52. The average molecular weight is 1740 g/mol. The predicted molar refractivity (Wildman–Crippen MR) is 298 cm³/mol. The number of hydrogen-bond donors (Lipinski definition) is 2. The van der Waals surface area contributed by atoms with Crippen molar-refractivity contribution in [1.82, 2.24) is 0 Å². The van der Waals surface area contributed by atoms with E-state index in [-0.39, 0.29) is 26.1 Å². The van der Waals surface area contributed by atoms with E-state index in [1.165, 1.54) is 13.8 Å². The van der Waals surface area contributed by atoms with E-state index < -0.39 is 278 Å². The lowest BCUT2D eigenvalue weighted by Crippen LogP contribution is -2.21. The molecule has 0 aromatic heterocycles. The molecule has 101 heavy (non-hydrogen) atoms. The molecule has 608 valence electrons. The monoisotopic (exact) mass is 1740 g/mol. The lowest BCUT2D eigenvalue weighted by molar-refractivity contribution is -0.239. The van der Waals surface area contributed by atoms with Gasteiger partial charge in [-0.1, -0.05) is 20.8 Å². The maximum absolute atomic E-state index is 12.1. The third-order valence-corrected chi connectivity index (χ3v) is 22.5. The van der Waals surface area contributed by atoms with Crippen LogP contribution in [0.15, 0.2) is 0 Å². The van der Waals surface area contributed by atoms with E-state index in [9.17, 15) is 123 Å². The van der Waals surface area contributed by atoms with Gasteiger partial charge in [-0.3, -0.25) is 59.3 Å². The molecule has 0 saturated heterocycles. The second-order valence-electron chi connectivity index (χ2n) is 18.0. The largest absolute Gasteiger partial charge is 0.756 e. The Balaban J connectivity index is 4.34. The van der Waals surface area contributed by atoms with Crippen LogP contribution in [0.5, 0.6) is 0 Å². The first-order valence-electron chi connectivity index (χ1n) is 27.8. The average Bonchev–Trinajstić information content (AvgIpc) is 0.943. The molecule has 0 bridgehead atoms. The lowest BCUT2D eigenvalue weighted by Gasteiger charge is -2.28. The summed E-state index contributed by atoms with van der Waals surface area (Å²) in [6.45, 7) is -19.4. The first-order chi connectivity index (χ1) is 46.3. The quantitative estimate of drug-likeness (QED) is 0.0428. The molecule has 0 amide bonds. The van der Waals surface area contributed by atoms with E-state index >= 15 is 0 Å². The third kappa shape index (κ3) is 59.8. The highest BCUT2D eigenvalue weighted by atomic mass is 31.2. The first kappa shape index (κ1) is 102. The minimum absolute atomic E-state index is 0.0630. The molecule has 16 atom stereocenters. The zero-order valence-electron chi connectivity index (χ0n) is 52.8. The Kier molecular flexibility index (Phi) is 51.1. The van der Waals surface area contributed by atoms with Crippen LogP contribution >= 0.6 is 102 Å². The van der Waals surface area contributed by atoms with E-state index in [0.29, 0.717) is 6.42 Å². The van der Waals surface area contributed by atoms with Crippen molar-refractivity contribution in [3.63, 3.8) is 0 Å². The van der Waals surface area contributed by atoms with Crippen LogP contribution in [0.25, 0.3) is 0 Å². The smallest absolute Gasteiger partial charge is 0.268 e. The molecule has 66 heteroatoms. The summed E-state index contributed by atoms with van der Waals surface area (Å²) in [6.07, 6.45) is 0.591. The summed E-state index contributed by atoms with van der Waals surface area (Å²) in [5, 5.41) is 9.09. The molecular weight excluding hydrogens is 1670 g/mol. The second-order valence-corrected chi connectivity index (χ2v) is 36.1. The van der Waals surface area contributed by atoms with Gasteiger partial charge in [-0.05, 0) is 19.3 Å². The molecular formula is C35H72O53P13-13. The van der Waals surface area contributed by atoms with Gasteiger partial charge < -0.3 is 187 Å². The maximum atomic E-state index is 12.1. The molecule has 0 aliphatic rings. The lowest BCUT2D eigenvalue weighted by atomic mass is 10.1. The summed E-state index contributed by atoms with van der Waals surface area (Å²) >= 11 is 0. The fraction of sp³-hybridized carbons (Fsp3) is 1.00. The predicted octanol–water partition coefficient (Wildman–Crippen LogP) is -4.45. The van der Waals surface area contributed by atoms with E-state index in [4.69, 9.17) is 10.00 Å². The first-order valence-corrected chi connectivity index (χ1v) is 46.9. The van der Waals surface area contributed by atoms with E-state index in [2.05, 4.69) is 113 Å². The van der Waals surface area contributed by atoms with Gasteiger partial charge in [-0.15, -0.1) is 0 Å². The van der Waals surface area contributed by atoms with Crippen molar-refractivity contribution in [2.24, 2.45) is 17.8 Å². The molecule has 0 radical (unpaired) electrons. The second kappa shape index (κ2) is 50.4. The Morgan fingerprint density at radius 1 is 0.208 bits per heavy atom. The van der Waals surface area contributed by atoms with Gasteiger partial charge in [-0.25, -0.2) is 0 Å². The zero-order valence-corrected chi connectivity index (χ0v) is 64.4. The number of aliphatic hydroxyl groups is 1. The molecule has 0 spiro atoms. The highest BCUT2D eigenvalue weighted by Gasteiger charge is 2.24. The van der Waals surface area contributed by atoms with Gasteiger partial charge in [-0.2, -0.15) is 0 Å². The third-order valence-electron chi connectivity index (χ3n) is 10.2. The van der Waals surface area contributed by atoms with Crippen molar-refractivity contribution in [2.45, 2.75) is 40.0 Å². The van der Waals surface area contributed by atoms with Gasteiger partial charge in [0.25, 0.3) is 102 Å². The van der Waals surface area contributed by atoms with E-state index in [1.807, 2.05) is 0 Å². The summed E-state index contributed by atoms with van der Waals surface area (Å²) in [5.74, 6) is -2.26. The van der Waals surface area contributed by atoms with Crippen LogP contribution in [0.1, 0.15) is 40.0 Å². The summed E-state index contributed by atoms with van der Waals surface area (Å²) in [6, 6.07) is 0. The van der Waals surface area contributed by atoms with Crippen LogP contribution in [0, 0.1) is 17.8 Å². The maximum Gasteiger partial charge on any atom is 0.268 e. The zero-order chi connectivity index (χ0) is 77.4. The molecule has 0 aromatic carbocycles. The van der Waals surface area contributed by atoms with Gasteiger partial charge in [0.05, 0.1) is 165 Å². The summed E-state index contributed by atoms with van der Waals surface area (Å²) in [7, 11) is -67.9. The topological polar surface area (TPSA) is 793 Å². The minimum atomic E-state index is -5.35. The van der Waals surface area contributed by atoms with Gasteiger partial charge >= 0.3 is 0 Å². The Morgan fingerprint density at radius 2 is 0.317 bits per heavy atom. The van der Waals surface area contributed by atoms with Gasteiger partial charge in [0.15, 0.2) is 0 Å². The van der Waals surface area contributed by atoms with Crippen molar-refractivity contribution >= 4 is 102 Å². The Labute approximate surface area is 575 Å². The van der Waals surface area contributed by atoms with Crippen LogP contribution in [-0.4, -0.2) is 182 Å². The van der Waals surface area contributed by atoms with Crippen LogP contribution in [-0.2, 0) is 172 Å². The Hall–Kier alpha value is 1.39. The number of phosphoric acid groups is 13. The van der Waals surface area contributed by atoms with Crippen LogP contribution in [0.3, 0.4) is 0 Å². The fourth-order valence-corrected chi connectivity index (χ4v) is 14.1. The molecule has 0 heterocycles. The Bertz CT molecular complexity index is 2980. The van der Waals surface area contributed by atoms with E-state index in [1.54, 1.807) is 6.92 Å². The van der Waals surface area contributed by atoms with Gasteiger partial charge in [0, 0.05) is 24.4 Å². The molecule has 0 aliphatic carbocycles. The molecule has 2 N–H and O–H groups in total. The number of rotatable bonds is 69. The summed E-state index contributed by atoms with van der Waals surface area (Å²) in [4.78, 5) is 162. The highest BCUT2D eigenvalue weighted by molar-refractivity contribution is 7.49. The van der Waals surface area contributed by atoms with Crippen molar-refractivity contribution < 1.29 is 246 Å². The summed E-state index contributed by atoms with van der Waals surface area (Å²) in [5.41, 5.74) is 0. The number of phosphoric ester groups is 13. The molecule has 0 aromatic rings. The van der Waals surface area contributed by atoms with Crippen molar-refractivity contribution in [1.29, 1.82) is 0 Å². The fourth-order valence-electron chi connectivity index (χ4n) is 5.28. The Morgan fingerprint density at radius 3 is 0.426 bits per heavy atom. The van der Waals surface area contributed by atoms with Crippen molar-refractivity contribution in [2.75, 3.05) is 172 Å². The SMILES string of the molecule is CCC(CO)COP(=O)([O-])OCCOP(=O)([O-])OCC(CC)COP(=O)([O-])OCCOP(=O)([O-])OCCOP(=O)([O-])OCCOP(=O)([O-])OCCOP(=O)([O-])OCCOP(=O)([O-])OCCOP(=O)([O-])OCCOP(=O)([O-])OCCOP(=O)([O-])OCCOP(=O)([O-])OCC(CC)COP(=O)([O-])O. The van der Waals surface area contributed by atoms with Gasteiger partial charge in [0.1, 0.15) is 0 Å². The van der Waals surface area contributed by atoms with Crippen LogP contribution in [0.4, 0.5) is 0 Å². The highest BCUT2D eigenvalue weighted by Crippen LogP contribution is 2.48. The molecule has 0 saturated carbocycles. The number of aliphatic hydroxyl groups excluding tert-OH is 1. The van der Waals surface area contributed by atoms with Gasteiger partial charge in [0.2, 0.25) is 0 Å². The molecule has 16 unspecified atom stereocenters. The normalized spacial score (nSPS) is 21.2. The van der Waals surface area contributed by atoms with Crippen molar-refractivity contribution in [3.8, 4) is 0 Å². The molecule has 53 nitrogen and oxygen atoms in total. The molecule has 0 aliphatic heterocycles. The van der Waals surface area contributed by atoms with Crippen LogP contribution < -0.4 is 63.6 Å². The summed E-state index contributed by atoms with van der Waals surface area (Å²) < 4.78 is 263. The van der Waals surface area contributed by atoms with Crippen molar-refractivity contribution in [3.05, 3.63) is 0 Å². The van der Waals surface area contributed by atoms with E-state index in [0.717, 1.165) is 0 Å². The van der Waals surface area contributed by atoms with Crippen LogP contribution in [0.2, 0.25) is 0 Å². The minimum Gasteiger partial charge on any atom is -0.756 e. The standard InChI is InChI=1S/C35H85O53P13/c1-4-33(27-36)28-85-98(56,57)80-25-26-83-101(62,63)88-32-35(6-3)31-87-100(60,61)82-24-22-79-97(54,55)77-20-18-75-95(50,51)73-16-14-71-93(46,47)69-12-10-67-91(42,43)65-8-7-64-90(40,41)66-9-11-68-92(44,45)70-13-15-72-94(48,49)74-17-19-76-96(52,53)78-21-23-81-99(58,59)86-30-34(5-2)29-84-89(37,38)39/h33-36H,4-32H2,1-3H3,(H,40,41)(H,42,43)(H,44,45)(H,46,47)(H,48,49)(H,50,51)(H,52,53)(H,54,55)(H,56,57)(H,58,59)(H,60,61)(H,62,63)(H2,37,38,39)/p-13. The molecule has 0 rings (SSSR count). The molecule has 0 fully saturated rings.